The molecule has 2 amide bonds. The van der Waals surface area contributed by atoms with Crippen molar-refractivity contribution in [1.29, 1.82) is 0 Å². The third-order valence-corrected chi connectivity index (χ3v) is 3.68. The summed E-state index contributed by atoms with van der Waals surface area (Å²) >= 11 is 0. The summed E-state index contributed by atoms with van der Waals surface area (Å²) in [5.41, 5.74) is 1.77. The SMILES string of the molecule is CC1CC2C(=O)N(CCC(=O)ONN)C(=O)C2C1. The number of amides is 2. The van der Waals surface area contributed by atoms with E-state index in [4.69, 9.17) is 5.84 Å². The van der Waals surface area contributed by atoms with Gasteiger partial charge in [0.2, 0.25) is 11.8 Å². The van der Waals surface area contributed by atoms with E-state index in [9.17, 15) is 14.4 Å². The highest BCUT2D eigenvalue weighted by atomic mass is 16.7. The van der Waals surface area contributed by atoms with E-state index in [0.29, 0.717) is 5.92 Å². The highest BCUT2D eigenvalue weighted by molar-refractivity contribution is 6.05. The van der Waals surface area contributed by atoms with Gasteiger partial charge in [-0.25, -0.2) is 5.84 Å². The van der Waals surface area contributed by atoms with E-state index >= 15 is 0 Å². The maximum atomic E-state index is 12.0. The van der Waals surface area contributed by atoms with Crippen LogP contribution in [0.1, 0.15) is 26.2 Å². The molecule has 0 radical (unpaired) electrons. The van der Waals surface area contributed by atoms with E-state index in [0.717, 1.165) is 12.8 Å². The van der Waals surface area contributed by atoms with Crippen LogP contribution in [0.15, 0.2) is 0 Å². The van der Waals surface area contributed by atoms with Crippen molar-refractivity contribution in [3.8, 4) is 0 Å². The second kappa shape index (κ2) is 5.03. The zero-order valence-corrected chi connectivity index (χ0v) is 10.2. The zero-order chi connectivity index (χ0) is 13.3. The van der Waals surface area contributed by atoms with Crippen LogP contribution >= 0.6 is 0 Å². The first-order valence-corrected chi connectivity index (χ1v) is 6.05. The highest BCUT2D eigenvalue weighted by Crippen LogP contribution is 2.42. The van der Waals surface area contributed by atoms with E-state index in [1.54, 1.807) is 5.59 Å². The molecule has 100 valence electrons. The summed E-state index contributed by atoms with van der Waals surface area (Å²) in [5, 5.41) is 0. The van der Waals surface area contributed by atoms with Crippen molar-refractivity contribution >= 4 is 17.8 Å². The molecule has 1 heterocycles. The molecule has 7 nitrogen and oxygen atoms in total. The molecule has 2 unspecified atom stereocenters. The lowest BCUT2D eigenvalue weighted by molar-refractivity contribution is -0.152. The maximum Gasteiger partial charge on any atom is 0.328 e. The van der Waals surface area contributed by atoms with E-state index in [1.165, 1.54) is 4.90 Å². The first-order chi connectivity index (χ1) is 8.54. The van der Waals surface area contributed by atoms with Gasteiger partial charge >= 0.3 is 5.97 Å². The maximum absolute atomic E-state index is 12.0. The number of fused-ring (bicyclic) bond motifs is 1. The fourth-order valence-corrected chi connectivity index (χ4v) is 2.89. The van der Waals surface area contributed by atoms with Gasteiger partial charge in [0.15, 0.2) is 0 Å². The zero-order valence-electron chi connectivity index (χ0n) is 10.2. The van der Waals surface area contributed by atoms with Crippen molar-refractivity contribution in [3.63, 3.8) is 0 Å². The van der Waals surface area contributed by atoms with Gasteiger partial charge in [-0.15, -0.1) is 0 Å². The number of hydrogen-bond donors (Lipinski definition) is 2. The Balaban J connectivity index is 1.93. The van der Waals surface area contributed by atoms with Gasteiger partial charge < -0.3 is 4.84 Å². The van der Waals surface area contributed by atoms with Crippen molar-refractivity contribution in [3.05, 3.63) is 0 Å². The molecular formula is C11H17N3O4. The minimum absolute atomic E-state index is 0.0450. The molecule has 2 aliphatic rings. The first-order valence-electron chi connectivity index (χ1n) is 6.05. The van der Waals surface area contributed by atoms with Crippen LogP contribution in [0.5, 0.6) is 0 Å². The summed E-state index contributed by atoms with van der Waals surface area (Å²) < 4.78 is 0. The number of carbonyl (C=O) groups is 3. The molecule has 2 rings (SSSR count). The van der Waals surface area contributed by atoms with E-state index in [1.807, 2.05) is 6.92 Å². The van der Waals surface area contributed by atoms with Crippen LogP contribution in [0.2, 0.25) is 0 Å². The molecule has 0 bridgehead atoms. The monoisotopic (exact) mass is 255 g/mol. The summed E-state index contributed by atoms with van der Waals surface area (Å²) in [4.78, 5) is 40.7. The topological polar surface area (TPSA) is 102 Å². The molecule has 1 saturated carbocycles. The van der Waals surface area contributed by atoms with Gasteiger partial charge in [-0.3, -0.25) is 19.3 Å². The minimum atomic E-state index is -0.594. The van der Waals surface area contributed by atoms with Gasteiger partial charge in [-0.05, 0) is 18.8 Å². The van der Waals surface area contributed by atoms with Crippen LogP contribution in [0, 0.1) is 17.8 Å². The average molecular weight is 255 g/mol. The van der Waals surface area contributed by atoms with Gasteiger partial charge in [0.1, 0.15) is 0 Å². The molecule has 3 N–H and O–H groups in total. The van der Waals surface area contributed by atoms with Crippen LogP contribution in [0.3, 0.4) is 0 Å². The quantitative estimate of drug-likeness (QED) is 0.392. The molecule has 2 fully saturated rings. The van der Waals surface area contributed by atoms with Crippen molar-refractivity contribution in [2.24, 2.45) is 23.6 Å². The second-order valence-electron chi connectivity index (χ2n) is 4.96. The summed E-state index contributed by atoms with van der Waals surface area (Å²) in [6, 6.07) is 0. The fourth-order valence-electron chi connectivity index (χ4n) is 2.89. The summed E-state index contributed by atoms with van der Waals surface area (Å²) in [7, 11) is 0. The number of nitrogens with one attached hydrogen (secondary N) is 1. The van der Waals surface area contributed by atoms with E-state index in [-0.39, 0.29) is 36.6 Å². The van der Waals surface area contributed by atoms with E-state index < -0.39 is 5.97 Å². The number of nitrogens with two attached hydrogens (primary N) is 1. The Morgan fingerprint density at radius 3 is 2.44 bits per heavy atom. The number of likely N-dealkylation sites (tertiary alicyclic amines) is 1. The molecule has 0 spiro atoms. The van der Waals surface area contributed by atoms with Crippen LogP contribution < -0.4 is 11.4 Å². The highest BCUT2D eigenvalue weighted by Gasteiger charge is 2.51. The molecule has 0 aromatic rings. The van der Waals surface area contributed by atoms with Crippen molar-refractivity contribution in [2.75, 3.05) is 6.54 Å². The van der Waals surface area contributed by atoms with Gasteiger partial charge in [0, 0.05) is 6.54 Å². The lowest BCUT2D eigenvalue weighted by atomic mass is 10.00. The van der Waals surface area contributed by atoms with Crippen LogP contribution in [0.4, 0.5) is 0 Å². The molecule has 1 aliphatic carbocycles. The summed E-state index contributed by atoms with van der Waals surface area (Å²) in [6.07, 6.45) is 1.48. The predicted octanol–water partition coefficient (Wildman–Crippen LogP) is -0.671. The molecule has 0 aromatic carbocycles. The van der Waals surface area contributed by atoms with Crippen molar-refractivity contribution in [2.45, 2.75) is 26.2 Å². The van der Waals surface area contributed by atoms with Gasteiger partial charge in [0.05, 0.1) is 18.3 Å². The summed E-state index contributed by atoms with van der Waals surface area (Å²) in [6.45, 7) is 2.12. The normalized spacial score (nSPS) is 30.8. The molecule has 1 saturated heterocycles. The molecule has 7 heteroatoms. The standard InChI is InChI=1S/C11H17N3O4/c1-6-4-7-8(5-6)11(17)14(10(7)16)3-2-9(15)18-13-12/h6-8,13H,2-5,12H2,1H3. The Morgan fingerprint density at radius 2 is 1.94 bits per heavy atom. The van der Waals surface area contributed by atoms with Crippen LogP contribution in [-0.4, -0.2) is 29.2 Å². The molecule has 0 aromatic heterocycles. The van der Waals surface area contributed by atoms with Gasteiger partial charge in [0.25, 0.3) is 0 Å². The Morgan fingerprint density at radius 1 is 1.39 bits per heavy atom. The molecule has 18 heavy (non-hydrogen) atoms. The second-order valence-corrected chi connectivity index (χ2v) is 4.96. The number of hydrogen-bond acceptors (Lipinski definition) is 6. The Hall–Kier alpha value is -1.47. The largest absolute Gasteiger partial charge is 0.356 e. The third-order valence-electron chi connectivity index (χ3n) is 3.68. The number of nitrogens with zero attached hydrogens (tertiary/aromatic N) is 1. The van der Waals surface area contributed by atoms with Gasteiger partial charge in [-0.1, -0.05) is 12.5 Å². The Kier molecular flexibility index (Phi) is 3.63. The van der Waals surface area contributed by atoms with E-state index in [2.05, 4.69) is 4.84 Å². The number of carbonyl (C=O) groups excluding carboxylic acids is 3. The lowest BCUT2D eigenvalue weighted by Gasteiger charge is -2.15. The average Bonchev–Trinajstić information content (AvgIpc) is 2.79. The van der Waals surface area contributed by atoms with Crippen molar-refractivity contribution in [1.82, 2.24) is 10.5 Å². The Bertz CT molecular complexity index is 360. The van der Waals surface area contributed by atoms with Gasteiger partial charge in [-0.2, -0.15) is 0 Å². The lowest BCUT2D eigenvalue weighted by Crippen LogP contribution is -2.35. The van der Waals surface area contributed by atoms with Crippen molar-refractivity contribution < 1.29 is 19.2 Å². The minimum Gasteiger partial charge on any atom is -0.356 e. The molecular weight excluding hydrogens is 238 g/mol. The number of hydrazine groups is 1. The molecule has 1 aliphatic heterocycles. The smallest absolute Gasteiger partial charge is 0.328 e. The first kappa shape index (κ1) is 13.0. The predicted molar refractivity (Wildman–Crippen MR) is 60.1 cm³/mol. The number of imide groups is 1. The summed E-state index contributed by atoms with van der Waals surface area (Å²) in [5.74, 6) is 3.97. The third kappa shape index (κ3) is 2.23. The van der Waals surface area contributed by atoms with Crippen LogP contribution in [0.25, 0.3) is 0 Å². The van der Waals surface area contributed by atoms with Crippen LogP contribution in [-0.2, 0) is 19.2 Å². The fraction of sp³-hybridized carbons (Fsp3) is 0.727. The Labute approximate surface area is 105 Å². The number of rotatable bonds is 4. The molecule has 2 atom stereocenters.